The molecular weight excluding hydrogens is 364 g/mol. The molecule has 9 heteroatoms. The average Bonchev–Trinajstić information content (AvgIpc) is 3.14. The van der Waals surface area contributed by atoms with Crippen LogP contribution in [0.2, 0.25) is 0 Å². The molecule has 3 rings (SSSR count). The lowest BCUT2D eigenvalue weighted by Crippen LogP contribution is -2.48. The van der Waals surface area contributed by atoms with Crippen LogP contribution >= 0.6 is 0 Å². The van der Waals surface area contributed by atoms with Gasteiger partial charge in [-0.25, -0.2) is 10.2 Å². The molecule has 2 aromatic carbocycles. The molecule has 28 heavy (non-hydrogen) atoms. The number of amides is 3. The van der Waals surface area contributed by atoms with Crippen LogP contribution in [0.4, 0.5) is 16.2 Å². The molecule has 146 valence electrons. The summed E-state index contributed by atoms with van der Waals surface area (Å²) in [4.78, 5) is 34.2. The van der Waals surface area contributed by atoms with Crippen molar-refractivity contribution in [1.82, 2.24) is 10.9 Å². The number of urea groups is 1. The molecule has 0 radical (unpaired) electrons. The van der Waals surface area contributed by atoms with Crippen molar-refractivity contribution in [3.05, 3.63) is 63.7 Å². The quantitative estimate of drug-likeness (QED) is 0.540. The Labute approximate surface area is 161 Å². The highest BCUT2D eigenvalue weighted by Crippen LogP contribution is 2.26. The van der Waals surface area contributed by atoms with Crippen molar-refractivity contribution in [3.63, 3.8) is 0 Å². The third-order valence-corrected chi connectivity index (χ3v) is 4.37. The Balaban J connectivity index is 1.48. The van der Waals surface area contributed by atoms with Crippen molar-refractivity contribution in [2.75, 3.05) is 5.32 Å². The Morgan fingerprint density at radius 1 is 1.11 bits per heavy atom. The number of aryl methyl sites for hydroxylation is 2. The molecule has 3 N–H and O–H groups in total. The number of carbonyl (C=O) groups excluding carboxylic acids is 2. The molecule has 3 amide bonds. The number of hydrazine groups is 1. The maximum atomic E-state index is 12.1. The lowest BCUT2D eigenvalue weighted by molar-refractivity contribution is -0.384. The number of hydrogen-bond acceptors (Lipinski definition) is 5. The van der Waals surface area contributed by atoms with Gasteiger partial charge in [0, 0.05) is 17.8 Å². The van der Waals surface area contributed by atoms with Crippen molar-refractivity contribution < 1.29 is 19.2 Å². The zero-order valence-electron chi connectivity index (χ0n) is 15.2. The number of anilines is 1. The van der Waals surface area contributed by atoms with Crippen molar-refractivity contribution in [3.8, 4) is 5.75 Å². The van der Waals surface area contributed by atoms with Gasteiger partial charge >= 0.3 is 6.03 Å². The summed E-state index contributed by atoms with van der Waals surface area (Å²) >= 11 is 0. The highest BCUT2D eigenvalue weighted by molar-refractivity contribution is 5.91. The normalized spacial score (nSPS) is 13.2. The minimum absolute atomic E-state index is 0.154. The van der Waals surface area contributed by atoms with Gasteiger partial charge in [-0.2, -0.15) is 0 Å². The molecule has 0 heterocycles. The number of ether oxygens (including phenoxy) is 1. The molecule has 1 aliphatic carbocycles. The van der Waals surface area contributed by atoms with Crippen LogP contribution in [0, 0.1) is 10.1 Å². The molecule has 0 fully saturated rings. The van der Waals surface area contributed by atoms with Crippen LogP contribution in [-0.2, 0) is 17.6 Å². The zero-order chi connectivity index (χ0) is 20.1. The van der Waals surface area contributed by atoms with E-state index in [1.807, 2.05) is 18.2 Å². The van der Waals surface area contributed by atoms with Gasteiger partial charge in [-0.15, -0.1) is 0 Å². The maximum absolute atomic E-state index is 12.1. The number of carbonyl (C=O) groups is 2. The lowest BCUT2D eigenvalue weighted by atomic mass is 10.1. The van der Waals surface area contributed by atoms with Gasteiger partial charge in [0.25, 0.3) is 11.6 Å². The zero-order valence-corrected chi connectivity index (χ0v) is 15.2. The predicted octanol–water partition coefficient (Wildman–Crippen LogP) is 2.70. The summed E-state index contributed by atoms with van der Waals surface area (Å²) < 4.78 is 5.64. The summed E-state index contributed by atoms with van der Waals surface area (Å²) in [6.45, 7) is 1.57. The second kappa shape index (κ2) is 8.38. The summed E-state index contributed by atoms with van der Waals surface area (Å²) in [5, 5.41) is 13.1. The number of nitrogens with one attached hydrogen (secondary N) is 3. The minimum Gasteiger partial charge on any atom is -0.481 e. The average molecular weight is 384 g/mol. The van der Waals surface area contributed by atoms with Crippen LogP contribution in [0.3, 0.4) is 0 Å². The number of nitrogens with zero attached hydrogens (tertiary/aromatic N) is 1. The van der Waals surface area contributed by atoms with Crippen molar-refractivity contribution in [2.45, 2.75) is 32.3 Å². The first-order valence-electron chi connectivity index (χ1n) is 8.82. The SMILES string of the molecule is CC(Oc1ccc2c(c1)CCC2)C(=O)NNC(=O)Nc1cccc([N+](=O)[O-])c1. The fourth-order valence-electron chi connectivity index (χ4n) is 2.96. The molecule has 2 aromatic rings. The topological polar surface area (TPSA) is 123 Å². The Hall–Kier alpha value is -3.62. The molecule has 1 aliphatic rings. The molecule has 0 aliphatic heterocycles. The summed E-state index contributed by atoms with van der Waals surface area (Å²) in [6.07, 6.45) is 2.37. The molecular formula is C19H20N4O5. The van der Waals surface area contributed by atoms with Gasteiger partial charge in [0.15, 0.2) is 6.10 Å². The second-order valence-corrected chi connectivity index (χ2v) is 6.42. The number of hydrogen-bond donors (Lipinski definition) is 3. The standard InChI is InChI=1S/C19H20N4O5/c1-12(28-17-9-8-13-4-2-5-14(13)10-17)18(24)21-22-19(25)20-15-6-3-7-16(11-15)23(26)27/h3,6-12H,2,4-5H2,1H3,(H,21,24)(H2,20,22,25). The monoisotopic (exact) mass is 384 g/mol. The van der Waals surface area contributed by atoms with Crippen LogP contribution in [0.15, 0.2) is 42.5 Å². The van der Waals surface area contributed by atoms with E-state index in [4.69, 9.17) is 4.74 Å². The fraction of sp³-hybridized carbons (Fsp3) is 0.263. The van der Waals surface area contributed by atoms with Crippen LogP contribution in [0.5, 0.6) is 5.75 Å². The molecule has 0 spiro atoms. The smallest absolute Gasteiger partial charge is 0.337 e. The summed E-state index contributed by atoms with van der Waals surface area (Å²) in [5.41, 5.74) is 7.06. The van der Waals surface area contributed by atoms with Crippen LogP contribution in [0.25, 0.3) is 0 Å². The van der Waals surface area contributed by atoms with Crippen molar-refractivity contribution in [1.29, 1.82) is 0 Å². The van der Waals surface area contributed by atoms with Crippen LogP contribution < -0.4 is 20.9 Å². The van der Waals surface area contributed by atoms with E-state index in [1.54, 1.807) is 6.92 Å². The van der Waals surface area contributed by atoms with Crippen molar-refractivity contribution >= 4 is 23.3 Å². The first-order valence-corrected chi connectivity index (χ1v) is 8.82. The van der Waals surface area contributed by atoms with Gasteiger partial charge in [-0.1, -0.05) is 12.1 Å². The Bertz CT molecular complexity index is 915. The van der Waals surface area contributed by atoms with Gasteiger partial charge in [0.2, 0.25) is 0 Å². The third kappa shape index (κ3) is 4.76. The highest BCUT2D eigenvalue weighted by atomic mass is 16.6. The van der Waals surface area contributed by atoms with Crippen LogP contribution in [-0.4, -0.2) is 23.0 Å². The summed E-state index contributed by atoms with van der Waals surface area (Å²) in [6, 6.07) is 10.5. The number of nitro benzene ring substituents is 1. The number of nitro groups is 1. The second-order valence-electron chi connectivity index (χ2n) is 6.42. The van der Waals surface area contributed by atoms with E-state index in [2.05, 4.69) is 16.2 Å². The molecule has 1 unspecified atom stereocenters. The summed E-state index contributed by atoms with van der Waals surface area (Å²) in [7, 11) is 0. The maximum Gasteiger partial charge on any atom is 0.337 e. The molecule has 1 atom stereocenters. The largest absolute Gasteiger partial charge is 0.481 e. The highest BCUT2D eigenvalue weighted by Gasteiger charge is 2.17. The van der Waals surface area contributed by atoms with E-state index in [1.165, 1.54) is 35.4 Å². The number of non-ortho nitro benzene ring substituents is 1. The van der Waals surface area contributed by atoms with Gasteiger partial charge in [0.05, 0.1) is 4.92 Å². The molecule has 0 saturated heterocycles. The molecule has 0 bridgehead atoms. The Kier molecular flexibility index (Phi) is 5.73. The van der Waals surface area contributed by atoms with E-state index < -0.39 is 23.0 Å². The van der Waals surface area contributed by atoms with E-state index >= 15 is 0 Å². The predicted molar refractivity (Wildman–Crippen MR) is 102 cm³/mol. The first-order chi connectivity index (χ1) is 13.4. The van der Waals surface area contributed by atoms with E-state index in [9.17, 15) is 19.7 Å². The van der Waals surface area contributed by atoms with Gasteiger partial charge < -0.3 is 10.1 Å². The number of fused-ring (bicyclic) bond motifs is 1. The van der Waals surface area contributed by atoms with E-state index in [-0.39, 0.29) is 11.4 Å². The molecule has 9 nitrogen and oxygen atoms in total. The van der Waals surface area contributed by atoms with Gasteiger partial charge in [-0.05, 0) is 55.5 Å². The Morgan fingerprint density at radius 2 is 1.89 bits per heavy atom. The van der Waals surface area contributed by atoms with Crippen LogP contribution in [0.1, 0.15) is 24.5 Å². The first kappa shape index (κ1) is 19.2. The number of rotatable bonds is 5. The summed E-state index contributed by atoms with van der Waals surface area (Å²) in [5.74, 6) is 0.0686. The minimum atomic E-state index is -0.822. The molecule has 0 saturated carbocycles. The molecule has 0 aromatic heterocycles. The van der Waals surface area contributed by atoms with Crippen molar-refractivity contribution in [2.24, 2.45) is 0 Å². The third-order valence-electron chi connectivity index (χ3n) is 4.37. The van der Waals surface area contributed by atoms with E-state index in [0.29, 0.717) is 5.75 Å². The van der Waals surface area contributed by atoms with E-state index in [0.717, 1.165) is 19.3 Å². The fourth-order valence-corrected chi connectivity index (χ4v) is 2.96. The van der Waals surface area contributed by atoms with Gasteiger partial charge in [-0.3, -0.25) is 20.3 Å². The lowest BCUT2D eigenvalue weighted by Gasteiger charge is -2.16. The number of benzene rings is 2. The van der Waals surface area contributed by atoms with Gasteiger partial charge in [0.1, 0.15) is 5.75 Å². The Morgan fingerprint density at radius 3 is 2.68 bits per heavy atom.